The van der Waals surface area contributed by atoms with Crippen LogP contribution < -0.4 is 9.47 Å². The second kappa shape index (κ2) is 8.36. The fraction of sp³-hybridized carbons (Fsp3) is 0.172. The Morgan fingerprint density at radius 3 is 1.70 bits per heavy atom. The zero-order valence-corrected chi connectivity index (χ0v) is 18.6. The summed E-state index contributed by atoms with van der Waals surface area (Å²) in [5.74, 6) is -0.505. The highest BCUT2D eigenvalue weighted by molar-refractivity contribution is 5.86. The molecule has 0 saturated carbocycles. The maximum atomic E-state index is 15.2. The standard InChI is InChI=1S/C29H24F2O2/c1-3-16-33-28-15-13-20(18-26(28)31)29(19-12-14-27(32-2)25(30)17-19)23-10-6-4-8-21(23)22-9-5-7-11-24(22)29/h4-15,17-18H,3,16H2,1-2H3. The van der Waals surface area contributed by atoms with Crippen molar-refractivity contribution in [2.75, 3.05) is 13.7 Å². The Bertz CT molecular complexity index is 1280. The minimum absolute atomic E-state index is 0.169. The topological polar surface area (TPSA) is 18.5 Å². The molecule has 4 aromatic rings. The van der Waals surface area contributed by atoms with Crippen LogP contribution in [0.4, 0.5) is 8.78 Å². The van der Waals surface area contributed by atoms with E-state index in [-0.39, 0.29) is 11.5 Å². The number of fused-ring (bicyclic) bond motifs is 3. The molecule has 0 unspecified atom stereocenters. The van der Waals surface area contributed by atoms with Crippen LogP contribution in [0.1, 0.15) is 35.6 Å². The summed E-state index contributed by atoms with van der Waals surface area (Å²) in [6, 6.07) is 26.2. The van der Waals surface area contributed by atoms with Crippen LogP contribution in [0.2, 0.25) is 0 Å². The Balaban J connectivity index is 1.84. The molecule has 0 bridgehead atoms. The minimum atomic E-state index is -0.884. The summed E-state index contributed by atoms with van der Waals surface area (Å²) >= 11 is 0. The van der Waals surface area contributed by atoms with Gasteiger partial charge in [0.1, 0.15) is 0 Å². The fourth-order valence-electron chi connectivity index (χ4n) is 4.99. The summed E-state index contributed by atoms with van der Waals surface area (Å²) in [7, 11) is 1.44. The predicted octanol–water partition coefficient (Wildman–Crippen LogP) is 7.13. The smallest absolute Gasteiger partial charge is 0.165 e. The van der Waals surface area contributed by atoms with E-state index in [4.69, 9.17) is 9.47 Å². The molecule has 33 heavy (non-hydrogen) atoms. The van der Waals surface area contributed by atoms with Crippen molar-refractivity contribution in [1.29, 1.82) is 0 Å². The fourth-order valence-corrected chi connectivity index (χ4v) is 4.99. The van der Waals surface area contributed by atoms with E-state index in [1.165, 1.54) is 19.2 Å². The zero-order valence-electron chi connectivity index (χ0n) is 18.6. The van der Waals surface area contributed by atoms with E-state index in [2.05, 4.69) is 12.1 Å². The number of halogens is 2. The van der Waals surface area contributed by atoms with Crippen LogP contribution in [0.15, 0.2) is 84.9 Å². The van der Waals surface area contributed by atoms with Crippen LogP contribution in [0, 0.1) is 11.6 Å². The van der Waals surface area contributed by atoms with Gasteiger partial charge in [-0.25, -0.2) is 8.78 Å². The van der Waals surface area contributed by atoms with Gasteiger partial charge in [-0.15, -0.1) is 0 Å². The van der Waals surface area contributed by atoms with Gasteiger partial charge in [-0.3, -0.25) is 0 Å². The second-order valence-electron chi connectivity index (χ2n) is 8.18. The van der Waals surface area contributed by atoms with E-state index in [0.29, 0.717) is 17.7 Å². The number of hydrogen-bond donors (Lipinski definition) is 0. The van der Waals surface area contributed by atoms with Gasteiger partial charge in [0, 0.05) is 0 Å². The van der Waals surface area contributed by atoms with Crippen molar-refractivity contribution in [2.45, 2.75) is 18.8 Å². The Kier molecular flexibility index (Phi) is 5.37. The van der Waals surface area contributed by atoms with Crippen LogP contribution in [-0.2, 0) is 5.41 Å². The van der Waals surface area contributed by atoms with Crippen LogP contribution in [0.25, 0.3) is 11.1 Å². The van der Waals surface area contributed by atoms with Crippen LogP contribution in [-0.4, -0.2) is 13.7 Å². The maximum absolute atomic E-state index is 15.2. The Labute approximate surface area is 192 Å². The lowest BCUT2D eigenvalue weighted by molar-refractivity contribution is 0.301. The van der Waals surface area contributed by atoms with Crippen molar-refractivity contribution >= 4 is 0 Å². The van der Waals surface area contributed by atoms with Crippen molar-refractivity contribution in [1.82, 2.24) is 0 Å². The van der Waals surface area contributed by atoms with E-state index in [0.717, 1.165) is 28.7 Å². The van der Waals surface area contributed by atoms with Crippen LogP contribution in [0.3, 0.4) is 0 Å². The highest BCUT2D eigenvalue weighted by atomic mass is 19.1. The molecule has 2 nitrogen and oxygen atoms in total. The Morgan fingerprint density at radius 2 is 1.21 bits per heavy atom. The van der Waals surface area contributed by atoms with Crippen molar-refractivity contribution in [3.8, 4) is 22.6 Å². The summed E-state index contributed by atoms with van der Waals surface area (Å²) in [6.07, 6.45) is 0.789. The third kappa shape index (κ3) is 3.20. The third-order valence-corrected chi connectivity index (χ3v) is 6.36. The van der Waals surface area contributed by atoms with Gasteiger partial charge in [0.15, 0.2) is 23.1 Å². The molecule has 0 amide bonds. The summed E-state index contributed by atoms with van der Waals surface area (Å²) in [6.45, 7) is 2.42. The lowest BCUT2D eigenvalue weighted by atomic mass is 9.67. The van der Waals surface area contributed by atoms with E-state index < -0.39 is 17.0 Å². The summed E-state index contributed by atoms with van der Waals surface area (Å²) in [4.78, 5) is 0. The summed E-state index contributed by atoms with van der Waals surface area (Å²) < 4.78 is 41.0. The quantitative estimate of drug-likeness (QED) is 0.279. The first-order valence-corrected chi connectivity index (χ1v) is 11.1. The van der Waals surface area contributed by atoms with Crippen molar-refractivity contribution in [2.24, 2.45) is 0 Å². The van der Waals surface area contributed by atoms with Gasteiger partial charge in [0.25, 0.3) is 0 Å². The Morgan fingerprint density at radius 1 is 0.697 bits per heavy atom. The molecule has 1 aliphatic rings. The normalized spacial score (nSPS) is 13.3. The molecule has 1 aliphatic carbocycles. The van der Waals surface area contributed by atoms with Crippen molar-refractivity contribution < 1.29 is 18.3 Å². The highest BCUT2D eigenvalue weighted by Gasteiger charge is 2.46. The molecular formula is C29H24F2O2. The first-order valence-electron chi connectivity index (χ1n) is 11.1. The number of benzene rings is 4. The predicted molar refractivity (Wildman–Crippen MR) is 126 cm³/mol. The molecular weight excluding hydrogens is 418 g/mol. The molecule has 4 heteroatoms. The van der Waals surface area contributed by atoms with Gasteiger partial charge in [-0.05, 0) is 64.1 Å². The number of ether oxygens (including phenoxy) is 2. The zero-order chi connectivity index (χ0) is 23.0. The van der Waals surface area contributed by atoms with Gasteiger partial charge >= 0.3 is 0 Å². The van der Waals surface area contributed by atoms with Crippen molar-refractivity contribution in [3.63, 3.8) is 0 Å². The molecule has 166 valence electrons. The molecule has 0 heterocycles. The molecule has 0 fully saturated rings. The van der Waals surface area contributed by atoms with E-state index in [1.807, 2.05) is 55.5 Å². The lowest BCUT2D eigenvalue weighted by Gasteiger charge is -2.34. The summed E-state index contributed by atoms with van der Waals surface area (Å²) in [5, 5.41) is 0. The van der Waals surface area contributed by atoms with Gasteiger partial charge in [-0.1, -0.05) is 67.6 Å². The molecule has 0 spiro atoms. The van der Waals surface area contributed by atoms with Gasteiger partial charge < -0.3 is 9.47 Å². The molecule has 0 aliphatic heterocycles. The van der Waals surface area contributed by atoms with E-state index in [1.54, 1.807) is 12.1 Å². The lowest BCUT2D eigenvalue weighted by Crippen LogP contribution is -2.29. The Hall–Kier alpha value is -3.66. The molecule has 0 atom stereocenters. The van der Waals surface area contributed by atoms with Gasteiger partial charge in [0.2, 0.25) is 0 Å². The SMILES string of the molecule is CCCOc1ccc(C2(c3ccc(OC)c(F)c3)c3ccccc3-c3ccccc32)cc1F. The van der Waals surface area contributed by atoms with E-state index >= 15 is 8.78 Å². The van der Waals surface area contributed by atoms with E-state index in [9.17, 15) is 0 Å². The molecule has 5 rings (SSSR count). The monoisotopic (exact) mass is 442 g/mol. The number of hydrogen-bond acceptors (Lipinski definition) is 2. The van der Waals surface area contributed by atoms with Gasteiger partial charge in [-0.2, -0.15) is 0 Å². The largest absolute Gasteiger partial charge is 0.494 e. The third-order valence-electron chi connectivity index (χ3n) is 6.36. The first-order chi connectivity index (χ1) is 16.1. The highest BCUT2D eigenvalue weighted by Crippen LogP contribution is 2.56. The average Bonchev–Trinajstić information content (AvgIpc) is 3.14. The maximum Gasteiger partial charge on any atom is 0.165 e. The minimum Gasteiger partial charge on any atom is -0.494 e. The number of rotatable bonds is 6. The first kappa shape index (κ1) is 21.2. The molecule has 4 aromatic carbocycles. The number of methoxy groups -OCH3 is 1. The molecule has 0 radical (unpaired) electrons. The van der Waals surface area contributed by atoms with Crippen molar-refractivity contribution in [3.05, 3.63) is 119 Å². The van der Waals surface area contributed by atoms with Gasteiger partial charge in [0.05, 0.1) is 19.1 Å². The molecule has 0 N–H and O–H groups in total. The summed E-state index contributed by atoms with van der Waals surface area (Å²) in [5.41, 5.74) is 4.61. The molecule has 0 saturated heterocycles. The van der Waals surface area contributed by atoms with Crippen LogP contribution >= 0.6 is 0 Å². The molecule has 0 aromatic heterocycles. The average molecular weight is 443 g/mol. The van der Waals surface area contributed by atoms with Crippen LogP contribution in [0.5, 0.6) is 11.5 Å². The second-order valence-corrected chi connectivity index (χ2v) is 8.18.